The Morgan fingerprint density at radius 3 is 2.54 bits per heavy atom. The minimum atomic E-state index is -0.244. The van der Waals surface area contributed by atoms with E-state index in [4.69, 9.17) is 14.7 Å². The number of anilines is 2. The van der Waals surface area contributed by atoms with E-state index < -0.39 is 0 Å². The summed E-state index contributed by atoms with van der Waals surface area (Å²) in [6.07, 6.45) is 5.49. The number of fused-ring (bicyclic) bond motifs is 1. The van der Waals surface area contributed by atoms with Crippen LogP contribution in [0.15, 0.2) is 24.3 Å². The van der Waals surface area contributed by atoms with Crippen molar-refractivity contribution in [2.75, 3.05) is 30.9 Å². The highest BCUT2D eigenvalue weighted by molar-refractivity contribution is 5.90. The smallest absolute Gasteiger partial charge is 0.249 e. The first kappa shape index (κ1) is 18.9. The fourth-order valence-electron chi connectivity index (χ4n) is 4.11. The van der Waals surface area contributed by atoms with E-state index in [-0.39, 0.29) is 18.1 Å². The number of aromatic nitrogens is 2. The zero-order valence-corrected chi connectivity index (χ0v) is 16.6. The van der Waals surface area contributed by atoms with Gasteiger partial charge in [-0.15, -0.1) is 0 Å². The fourth-order valence-corrected chi connectivity index (χ4v) is 4.11. The van der Waals surface area contributed by atoms with Gasteiger partial charge in [0.25, 0.3) is 0 Å². The van der Waals surface area contributed by atoms with E-state index in [0.717, 1.165) is 55.2 Å². The van der Waals surface area contributed by atoms with Gasteiger partial charge in [0.1, 0.15) is 11.9 Å². The number of carbonyl (C=O) groups is 1. The molecule has 1 saturated heterocycles. The van der Waals surface area contributed by atoms with Crippen LogP contribution in [-0.4, -0.2) is 54.8 Å². The average molecular weight is 383 g/mol. The van der Waals surface area contributed by atoms with Crippen molar-refractivity contribution in [3.63, 3.8) is 0 Å². The molecule has 4 rings (SSSR count). The molecule has 0 spiro atoms. The van der Waals surface area contributed by atoms with E-state index >= 15 is 0 Å². The molecule has 2 N–H and O–H groups in total. The number of nitrogens with zero attached hydrogens (tertiary/aromatic N) is 3. The van der Waals surface area contributed by atoms with Gasteiger partial charge in [0.15, 0.2) is 0 Å². The Kier molecular flexibility index (Phi) is 5.62. The molecular formula is C21H29N5O2. The zero-order valence-electron chi connectivity index (χ0n) is 16.6. The van der Waals surface area contributed by atoms with E-state index in [2.05, 4.69) is 16.7 Å². The molecule has 1 aromatic heterocycles. The molecular weight excluding hydrogens is 354 g/mol. The van der Waals surface area contributed by atoms with Crippen molar-refractivity contribution >= 4 is 28.6 Å². The van der Waals surface area contributed by atoms with Crippen LogP contribution in [0.1, 0.15) is 38.5 Å². The zero-order chi connectivity index (χ0) is 19.5. The van der Waals surface area contributed by atoms with Gasteiger partial charge in [-0.2, -0.15) is 4.98 Å². The molecule has 1 amide bonds. The summed E-state index contributed by atoms with van der Waals surface area (Å²) >= 11 is 0. The van der Waals surface area contributed by atoms with Crippen LogP contribution in [0.5, 0.6) is 0 Å². The molecule has 0 radical (unpaired) electrons. The molecule has 150 valence electrons. The number of carbonyl (C=O) groups excluding carboxylic acids is 1. The van der Waals surface area contributed by atoms with Crippen LogP contribution < -0.4 is 15.5 Å². The third-order valence-corrected chi connectivity index (χ3v) is 5.64. The highest BCUT2D eigenvalue weighted by Gasteiger charge is 2.28. The predicted octanol–water partition coefficient (Wildman–Crippen LogP) is 2.71. The van der Waals surface area contributed by atoms with E-state index in [1.54, 1.807) is 0 Å². The number of benzene rings is 1. The second-order valence-corrected chi connectivity index (χ2v) is 7.99. The SMILES string of the molecule is CN(C)c1nc(N[C@H]2CC[C@@H](NC(=O)C3CCCO3)CC2)nc2ccccc12. The molecule has 2 heterocycles. The van der Waals surface area contributed by atoms with Crippen LogP contribution in [0.4, 0.5) is 11.8 Å². The van der Waals surface area contributed by atoms with E-state index in [1.807, 2.05) is 37.2 Å². The molecule has 7 heteroatoms. The molecule has 1 saturated carbocycles. The molecule has 1 aliphatic carbocycles. The van der Waals surface area contributed by atoms with E-state index in [9.17, 15) is 4.79 Å². The summed E-state index contributed by atoms with van der Waals surface area (Å²) in [7, 11) is 4.00. The van der Waals surface area contributed by atoms with Gasteiger partial charge in [0.2, 0.25) is 11.9 Å². The molecule has 0 bridgehead atoms. The summed E-state index contributed by atoms with van der Waals surface area (Å²) in [5.41, 5.74) is 0.946. The lowest BCUT2D eigenvalue weighted by molar-refractivity contribution is -0.131. The number of rotatable bonds is 5. The molecule has 1 unspecified atom stereocenters. The molecule has 1 atom stereocenters. The Morgan fingerprint density at radius 2 is 1.82 bits per heavy atom. The number of amides is 1. The quantitative estimate of drug-likeness (QED) is 0.826. The van der Waals surface area contributed by atoms with E-state index in [0.29, 0.717) is 18.6 Å². The molecule has 7 nitrogen and oxygen atoms in total. The van der Waals surface area contributed by atoms with Gasteiger partial charge in [0, 0.05) is 38.2 Å². The van der Waals surface area contributed by atoms with Gasteiger partial charge in [-0.25, -0.2) is 4.98 Å². The van der Waals surface area contributed by atoms with Gasteiger partial charge in [-0.1, -0.05) is 12.1 Å². The Morgan fingerprint density at radius 1 is 1.07 bits per heavy atom. The van der Waals surface area contributed by atoms with Gasteiger partial charge >= 0.3 is 0 Å². The summed E-state index contributed by atoms with van der Waals surface area (Å²) in [4.78, 5) is 23.7. The maximum atomic E-state index is 12.2. The molecule has 28 heavy (non-hydrogen) atoms. The van der Waals surface area contributed by atoms with Crippen molar-refractivity contribution in [2.24, 2.45) is 0 Å². The Hall–Kier alpha value is -2.41. The standard InChI is InChI=1S/C21H29N5O2/c1-26(2)19-16-6-3-4-7-17(16)24-21(25-19)23-15-11-9-14(10-12-15)22-20(27)18-8-5-13-28-18/h3-4,6-7,14-15,18H,5,8-13H2,1-2H3,(H,22,27)(H,23,24,25)/t14-,15+,18?. The van der Waals surface area contributed by atoms with Crippen molar-refractivity contribution in [3.8, 4) is 0 Å². The maximum Gasteiger partial charge on any atom is 0.249 e. The normalized spacial score (nSPS) is 24.9. The summed E-state index contributed by atoms with van der Waals surface area (Å²) in [6.45, 7) is 0.704. The van der Waals surface area contributed by atoms with Crippen LogP contribution in [0.2, 0.25) is 0 Å². The summed E-state index contributed by atoms with van der Waals surface area (Å²) < 4.78 is 5.48. The molecule has 1 aliphatic heterocycles. The van der Waals surface area contributed by atoms with Crippen LogP contribution in [0.3, 0.4) is 0 Å². The first-order valence-electron chi connectivity index (χ1n) is 10.2. The minimum Gasteiger partial charge on any atom is -0.368 e. The van der Waals surface area contributed by atoms with Gasteiger partial charge < -0.3 is 20.3 Å². The number of hydrogen-bond donors (Lipinski definition) is 2. The molecule has 2 fully saturated rings. The molecule has 1 aromatic carbocycles. The van der Waals surface area contributed by atoms with Crippen molar-refractivity contribution in [2.45, 2.75) is 56.7 Å². The highest BCUT2D eigenvalue weighted by Crippen LogP contribution is 2.26. The topological polar surface area (TPSA) is 79.4 Å². The number of hydrogen-bond acceptors (Lipinski definition) is 6. The van der Waals surface area contributed by atoms with Crippen LogP contribution >= 0.6 is 0 Å². The lowest BCUT2D eigenvalue weighted by Gasteiger charge is -2.30. The highest BCUT2D eigenvalue weighted by atomic mass is 16.5. The molecule has 2 aromatic rings. The van der Waals surface area contributed by atoms with Gasteiger partial charge in [0.05, 0.1) is 5.52 Å². The lowest BCUT2D eigenvalue weighted by Crippen LogP contribution is -2.44. The van der Waals surface area contributed by atoms with Gasteiger partial charge in [-0.3, -0.25) is 4.79 Å². The van der Waals surface area contributed by atoms with Crippen molar-refractivity contribution < 1.29 is 9.53 Å². The second kappa shape index (κ2) is 8.31. The first-order chi connectivity index (χ1) is 13.6. The largest absolute Gasteiger partial charge is 0.368 e. The molecule has 2 aliphatic rings. The summed E-state index contributed by atoms with van der Waals surface area (Å²) in [5, 5.41) is 7.73. The van der Waals surface area contributed by atoms with Crippen LogP contribution in [-0.2, 0) is 9.53 Å². The maximum absolute atomic E-state index is 12.2. The third kappa shape index (κ3) is 4.19. The van der Waals surface area contributed by atoms with Crippen molar-refractivity contribution in [1.29, 1.82) is 0 Å². The monoisotopic (exact) mass is 383 g/mol. The number of ether oxygens (including phenoxy) is 1. The average Bonchev–Trinajstić information content (AvgIpc) is 3.24. The first-order valence-corrected chi connectivity index (χ1v) is 10.2. The van der Waals surface area contributed by atoms with Crippen molar-refractivity contribution in [1.82, 2.24) is 15.3 Å². The summed E-state index contributed by atoms with van der Waals surface area (Å²) in [5.74, 6) is 1.65. The number of nitrogens with one attached hydrogen (secondary N) is 2. The van der Waals surface area contributed by atoms with Crippen LogP contribution in [0.25, 0.3) is 10.9 Å². The Bertz CT molecular complexity index is 827. The fraction of sp³-hybridized carbons (Fsp3) is 0.571. The third-order valence-electron chi connectivity index (χ3n) is 5.64. The van der Waals surface area contributed by atoms with E-state index in [1.165, 1.54) is 0 Å². The lowest BCUT2D eigenvalue weighted by atomic mass is 9.91. The number of para-hydroxylation sites is 1. The Labute approximate surface area is 165 Å². The predicted molar refractivity (Wildman–Crippen MR) is 111 cm³/mol. The van der Waals surface area contributed by atoms with Crippen molar-refractivity contribution in [3.05, 3.63) is 24.3 Å². The minimum absolute atomic E-state index is 0.0578. The summed E-state index contributed by atoms with van der Waals surface area (Å²) in [6, 6.07) is 8.65. The van der Waals surface area contributed by atoms with Gasteiger partial charge in [-0.05, 0) is 50.7 Å². The second-order valence-electron chi connectivity index (χ2n) is 7.99. The Balaban J connectivity index is 1.36. The van der Waals surface area contributed by atoms with Crippen LogP contribution in [0, 0.1) is 0 Å².